The van der Waals surface area contributed by atoms with Gasteiger partial charge in [0, 0.05) is 17.5 Å². The Hall–Kier alpha value is -0.720. The van der Waals surface area contributed by atoms with Gasteiger partial charge in [0.25, 0.3) is 0 Å². The minimum absolute atomic E-state index is 0.0545. The summed E-state index contributed by atoms with van der Waals surface area (Å²) < 4.78 is 27.6. The van der Waals surface area contributed by atoms with Crippen molar-refractivity contribution in [2.75, 3.05) is 17.7 Å². The molecule has 1 aromatic carbocycles. The molecule has 0 fully saturated rings. The Bertz CT molecular complexity index is 542. The van der Waals surface area contributed by atoms with Gasteiger partial charge < -0.3 is 5.73 Å². The monoisotopic (exact) mass is 302 g/mol. The van der Waals surface area contributed by atoms with Gasteiger partial charge in [-0.05, 0) is 49.8 Å². The normalized spacial score (nSPS) is 13.5. The highest BCUT2D eigenvalue weighted by Crippen LogP contribution is 2.23. The first kappa shape index (κ1) is 16.3. The largest absolute Gasteiger partial charge is 0.398 e. The second kappa shape index (κ2) is 6.63. The summed E-state index contributed by atoms with van der Waals surface area (Å²) >= 11 is 1.63. The molecule has 1 atom stereocenters. The zero-order valence-corrected chi connectivity index (χ0v) is 13.5. The van der Waals surface area contributed by atoms with E-state index >= 15 is 0 Å². The summed E-state index contributed by atoms with van der Waals surface area (Å²) in [6.07, 6.45) is 2.73. The van der Waals surface area contributed by atoms with E-state index in [-0.39, 0.29) is 10.9 Å². The van der Waals surface area contributed by atoms with Crippen LogP contribution in [0.3, 0.4) is 0 Å². The van der Waals surface area contributed by atoms with Gasteiger partial charge in [-0.2, -0.15) is 11.8 Å². The zero-order chi connectivity index (χ0) is 14.6. The Kier molecular flexibility index (Phi) is 5.70. The maximum Gasteiger partial charge on any atom is 0.241 e. The van der Waals surface area contributed by atoms with Crippen molar-refractivity contribution in [3.63, 3.8) is 0 Å². The van der Waals surface area contributed by atoms with Crippen LogP contribution in [0.25, 0.3) is 0 Å². The number of benzene rings is 1. The average Bonchev–Trinajstić information content (AvgIpc) is 2.32. The number of anilines is 1. The molecule has 1 unspecified atom stereocenters. The molecule has 1 rings (SSSR count). The molecule has 108 valence electrons. The maximum absolute atomic E-state index is 12.4. The van der Waals surface area contributed by atoms with Crippen molar-refractivity contribution in [1.82, 2.24) is 4.72 Å². The summed E-state index contributed by atoms with van der Waals surface area (Å²) in [6.45, 7) is 5.55. The number of aryl methyl sites for hydroxylation is 1. The van der Waals surface area contributed by atoms with Crippen LogP contribution in [0.4, 0.5) is 5.69 Å². The molecule has 4 nitrogen and oxygen atoms in total. The van der Waals surface area contributed by atoms with Crippen LogP contribution in [-0.4, -0.2) is 26.5 Å². The van der Waals surface area contributed by atoms with E-state index in [0.29, 0.717) is 11.3 Å². The lowest BCUT2D eigenvalue weighted by atomic mass is 10.1. The van der Waals surface area contributed by atoms with E-state index in [0.717, 1.165) is 17.7 Å². The van der Waals surface area contributed by atoms with Crippen LogP contribution in [0, 0.1) is 13.8 Å². The third-order valence-electron chi connectivity index (χ3n) is 3.02. The van der Waals surface area contributed by atoms with Gasteiger partial charge in [-0.25, -0.2) is 13.1 Å². The van der Waals surface area contributed by atoms with Crippen LogP contribution < -0.4 is 10.5 Å². The molecule has 3 N–H and O–H groups in total. The summed E-state index contributed by atoms with van der Waals surface area (Å²) in [4.78, 5) is 0.282. The van der Waals surface area contributed by atoms with Gasteiger partial charge in [0.1, 0.15) is 0 Å². The van der Waals surface area contributed by atoms with Crippen molar-refractivity contribution in [3.05, 3.63) is 23.3 Å². The van der Waals surface area contributed by atoms with Crippen molar-refractivity contribution < 1.29 is 8.42 Å². The van der Waals surface area contributed by atoms with Crippen LogP contribution in [0.2, 0.25) is 0 Å². The van der Waals surface area contributed by atoms with Crippen molar-refractivity contribution in [2.24, 2.45) is 0 Å². The van der Waals surface area contributed by atoms with Crippen LogP contribution in [-0.2, 0) is 10.0 Å². The molecule has 0 aliphatic carbocycles. The molecule has 19 heavy (non-hydrogen) atoms. The van der Waals surface area contributed by atoms with E-state index in [2.05, 4.69) is 4.72 Å². The van der Waals surface area contributed by atoms with Crippen LogP contribution in [0.1, 0.15) is 24.5 Å². The molecule has 0 bridgehead atoms. The fourth-order valence-corrected chi connectivity index (χ4v) is 4.36. The third-order valence-corrected chi connectivity index (χ3v) is 5.40. The molecule has 0 aliphatic heterocycles. The first-order chi connectivity index (χ1) is 8.81. The number of nitrogens with two attached hydrogens (primary N) is 1. The highest BCUT2D eigenvalue weighted by atomic mass is 32.2. The van der Waals surface area contributed by atoms with Crippen LogP contribution in [0.15, 0.2) is 17.0 Å². The molecule has 0 saturated carbocycles. The van der Waals surface area contributed by atoms with Crippen LogP contribution >= 0.6 is 11.8 Å². The van der Waals surface area contributed by atoms with E-state index in [1.165, 1.54) is 0 Å². The Labute approximate surface area is 120 Å². The summed E-state index contributed by atoms with van der Waals surface area (Å²) in [6, 6.07) is 3.40. The first-order valence-corrected chi connectivity index (χ1v) is 9.07. The molecule has 0 amide bonds. The lowest BCUT2D eigenvalue weighted by Gasteiger charge is -2.18. The smallest absolute Gasteiger partial charge is 0.241 e. The van der Waals surface area contributed by atoms with Gasteiger partial charge in [0.05, 0.1) is 4.90 Å². The highest BCUT2D eigenvalue weighted by Gasteiger charge is 2.22. The second-order valence-electron chi connectivity index (χ2n) is 4.66. The predicted molar refractivity (Wildman–Crippen MR) is 83.1 cm³/mol. The Morgan fingerprint density at radius 2 is 2.00 bits per heavy atom. The number of nitrogens with one attached hydrogen (secondary N) is 1. The Morgan fingerprint density at radius 1 is 1.37 bits per heavy atom. The van der Waals surface area contributed by atoms with Crippen molar-refractivity contribution in [2.45, 2.75) is 38.1 Å². The van der Waals surface area contributed by atoms with Gasteiger partial charge in [-0.15, -0.1) is 0 Å². The molecule has 0 spiro atoms. The molecular weight excluding hydrogens is 280 g/mol. The lowest BCUT2D eigenvalue weighted by molar-refractivity contribution is 0.557. The van der Waals surface area contributed by atoms with E-state index in [9.17, 15) is 8.42 Å². The molecule has 0 aliphatic rings. The van der Waals surface area contributed by atoms with E-state index < -0.39 is 10.0 Å². The average molecular weight is 302 g/mol. The molecular formula is C13H22N2O2S2. The van der Waals surface area contributed by atoms with Crippen molar-refractivity contribution in [1.29, 1.82) is 0 Å². The standard InChI is InChI=1S/C13H22N2O2S2/c1-5-11(8-18-4)15-19(16,17)13-7-9(2)6-12(14)10(13)3/h6-7,11,15H,5,8,14H2,1-4H3. The molecule has 1 aromatic rings. The van der Waals surface area contributed by atoms with Crippen molar-refractivity contribution in [3.8, 4) is 0 Å². The highest BCUT2D eigenvalue weighted by molar-refractivity contribution is 7.98. The molecule has 6 heteroatoms. The lowest BCUT2D eigenvalue weighted by Crippen LogP contribution is -2.36. The quantitative estimate of drug-likeness (QED) is 0.791. The van der Waals surface area contributed by atoms with Gasteiger partial charge in [0.2, 0.25) is 10.0 Å². The summed E-state index contributed by atoms with van der Waals surface area (Å²) in [5.74, 6) is 0.760. The zero-order valence-electron chi connectivity index (χ0n) is 11.9. The van der Waals surface area contributed by atoms with E-state index in [1.54, 1.807) is 30.8 Å². The fraction of sp³-hybridized carbons (Fsp3) is 0.538. The number of thioether (sulfide) groups is 1. The number of nitrogen functional groups attached to an aromatic ring is 1. The van der Waals surface area contributed by atoms with Gasteiger partial charge in [-0.1, -0.05) is 6.92 Å². The van der Waals surface area contributed by atoms with Gasteiger partial charge in [0.15, 0.2) is 0 Å². The predicted octanol–water partition coefficient (Wildman–Crippen LogP) is 2.31. The minimum Gasteiger partial charge on any atom is -0.398 e. The number of rotatable bonds is 6. The first-order valence-electron chi connectivity index (χ1n) is 6.19. The summed E-state index contributed by atoms with van der Waals surface area (Å²) in [5, 5.41) is 0. The number of sulfonamides is 1. The minimum atomic E-state index is -3.51. The Balaban J connectivity index is 3.13. The third kappa shape index (κ3) is 4.12. The summed E-state index contributed by atoms with van der Waals surface area (Å²) in [5.41, 5.74) is 7.81. The SMILES string of the molecule is CCC(CSC)NS(=O)(=O)c1cc(C)cc(N)c1C. The summed E-state index contributed by atoms with van der Waals surface area (Å²) in [7, 11) is -3.51. The maximum atomic E-state index is 12.4. The molecule has 0 saturated heterocycles. The number of hydrogen-bond donors (Lipinski definition) is 2. The van der Waals surface area contributed by atoms with E-state index in [1.807, 2.05) is 20.1 Å². The van der Waals surface area contributed by atoms with Gasteiger partial charge in [-0.3, -0.25) is 0 Å². The van der Waals surface area contributed by atoms with Crippen molar-refractivity contribution >= 4 is 27.5 Å². The number of hydrogen-bond acceptors (Lipinski definition) is 4. The Morgan fingerprint density at radius 3 is 2.53 bits per heavy atom. The molecule has 0 aromatic heterocycles. The van der Waals surface area contributed by atoms with E-state index in [4.69, 9.17) is 5.73 Å². The van der Waals surface area contributed by atoms with Gasteiger partial charge >= 0.3 is 0 Å². The second-order valence-corrected chi connectivity index (χ2v) is 7.25. The topological polar surface area (TPSA) is 72.2 Å². The fourth-order valence-electron chi connectivity index (χ4n) is 1.85. The molecule has 0 heterocycles. The van der Waals surface area contributed by atoms with Crippen LogP contribution in [0.5, 0.6) is 0 Å². The molecule has 0 radical (unpaired) electrons.